The van der Waals surface area contributed by atoms with E-state index in [9.17, 15) is 9.59 Å². The van der Waals surface area contributed by atoms with Gasteiger partial charge in [-0.05, 0) is 48.9 Å². The van der Waals surface area contributed by atoms with Crippen molar-refractivity contribution >= 4 is 11.6 Å². The number of aromatic nitrogens is 2. The van der Waals surface area contributed by atoms with E-state index >= 15 is 0 Å². The summed E-state index contributed by atoms with van der Waals surface area (Å²) in [4.78, 5) is 34.6. The molecule has 24 heavy (non-hydrogen) atoms. The summed E-state index contributed by atoms with van der Waals surface area (Å²) in [5.41, 5.74) is 5.28. The maximum Gasteiger partial charge on any atom is 0.231 e. The van der Waals surface area contributed by atoms with Crippen LogP contribution >= 0.6 is 0 Å². The first-order valence-electron chi connectivity index (χ1n) is 8.57. The van der Waals surface area contributed by atoms with Crippen molar-refractivity contribution in [3.63, 3.8) is 0 Å². The molecule has 0 bridgehead atoms. The highest BCUT2D eigenvalue weighted by Gasteiger charge is 2.35. The Morgan fingerprint density at radius 3 is 1.54 bits per heavy atom. The van der Waals surface area contributed by atoms with Crippen LogP contribution in [0.4, 0.5) is 0 Å². The van der Waals surface area contributed by atoms with Gasteiger partial charge in [-0.3, -0.25) is 19.6 Å². The quantitative estimate of drug-likeness (QED) is 0.733. The normalized spacial score (nSPS) is 13.0. The van der Waals surface area contributed by atoms with E-state index < -0.39 is 0 Å². The van der Waals surface area contributed by atoms with Gasteiger partial charge in [-0.2, -0.15) is 0 Å². The summed E-state index contributed by atoms with van der Waals surface area (Å²) >= 11 is 0. The van der Waals surface area contributed by atoms with Crippen LogP contribution in [0.1, 0.15) is 81.0 Å². The summed E-state index contributed by atoms with van der Waals surface area (Å²) in [6.07, 6.45) is 7.11. The van der Waals surface area contributed by atoms with Crippen LogP contribution in [0.25, 0.3) is 0 Å². The highest BCUT2D eigenvalue weighted by Crippen LogP contribution is 2.31. The van der Waals surface area contributed by atoms with Gasteiger partial charge in [0.1, 0.15) is 11.4 Å². The first-order valence-corrected chi connectivity index (χ1v) is 8.57. The SMILES string of the molecule is CCCc1cnc2c(c1C)C(=O)c1c(ncc(CCC)c1C)C2=O. The lowest BCUT2D eigenvalue weighted by molar-refractivity contribution is 0.0970. The predicted molar refractivity (Wildman–Crippen MR) is 92.8 cm³/mol. The van der Waals surface area contributed by atoms with Crippen molar-refractivity contribution in [1.82, 2.24) is 9.97 Å². The van der Waals surface area contributed by atoms with Crippen LogP contribution in [0.2, 0.25) is 0 Å². The number of hydrogen-bond acceptors (Lipinski definition) is 4. The third kappa shape index (κ3) is 2.37. The number of aryl methyl sites for hydroxylation is 2. The summed E-state index contributed by atoms with van der Waals surface area (Å²) in [6, 6.07) is 0. The minimum absolute atomic E-state index is 0.106. The number of carbonyl (C=O) groups is 2. The molecule has 0 spiro atoms. The summed E-state index contributed by atoms with van der Waals surface area (Å²) in [6.45, 7) is 8.01. The van der Waals surface area contributed by atoms with Crippen LogP contribution in [0.3, 0.4) is 0 Å². The van der Waals surface area contributed by atoms with Crippen LogP contribution in [0, 0.1) is 13.8 Å². The lowest BCUT2D eigenvalue weighted by atomic mass is 9.83. The highest BCUT2D eigenvalue weighted by atomic mass is 16.1. The van der Waals surface area contributed by atoms with E-state index in [0.717, 1.165) is 47.9 Å². The first kappa shape index (κ1) is 16.5. The van der Waals surface area contributed by atoms with Crippen molar-refractivity contribution in [1.29, 1.82) is 0 Å². The lowest BCUT2D eigenvalue weighted by Gasteiger charge is -2.22. The van der Waals surface area contributed by atoms with Crippen LogP contribution in [-0.4, -0.2) is 21.5 Å². The number of pyridine rings is 2. The second kappa shape index (κ2) is 6.27. The van der Waals surface area contributed by atoms with Gasteiger partial charge in [-0.25, -0.2) is 0 Å². The fourth-order valence-corrected chi connectivity index (χ4v) is 3.46. The molecule has 0 saturated heterocycles. The zero-order valence-electron chi connectivity index (χ0n) is 14.7. The Balaban J connectivity index is 2.24. The van der Waals surface area contributed by atoms with Gasteiger partial charge in [0.25, 0.3) is 0 Å². The highest BCUT2D eigenvalue weighted by molar-refractivity contribution is 6.28. The van der Waals surface area contributed by atoms with E-state index in [1.807, 2.05) is 13.8 Å². The lowest BCUT2D eigenvalue weighted by Crippen LogP contribution is -2.27. The molecule has 4 heteroatoms. The van der Waals surface area contributed by atoms with Gasteiger partial charge in [0, 0.05) is 12.4 Å². The minimum atomic E-state index is -0.239. The Kier molecular flexibility index (Phi) is 4.31. The molecule has 4 nitrogen and oxygen atoms in total. The zero-order valence-corrected chi connectivity index (χ0v) is 14.7. The average molecular weight is 322 g/mol. The fourth-order valence-electron chi connectivity index (χ4n) is 3.46. The third-order valence-electron chi connectivity index (χ3n) is 4.81. The molecule has 124 valence electrons. The maximum absolute atomic E-state index is 13.2. The molecule has 0 atom stereocenters. The third-order valence-corrected chi connectivity index (χ3v) is 4.81. The Morgan fingerprint density at radius 1 is 0.750 bits per heavy atom. The van der Waals surface area contributed by atoms with Gasteiger partial charge in [0.15, 0.2) is 5.78 Å². The average Bonchev–Trinajstić information content (AvgIpc) is 2.56. The number of nitrogens with zero attached hydrogens (tertiary/aromatic N) is 2. The predicted octanol–water partition coefficient (Wildman–Crippen LogP) is 3.77. The molecule has 2 aromatic rings. The summed E-state index contributed by atoms with van der Waals surface area (Å²) in [5, 5.41) is 0. The molecule has 0 aliphatic heterocycles. The molecule has 0 saturated carbocycles. The van der Waals surface area contributed by atoms with Crippen LogP contribution < -0.4 is 0 Å². The van der Waals surface area contributed by atoms with Crippen molar-refractivity contribution in [2.45, 2.75) is 53.4 Å². The Hall–Kier alpha value is -2.36. The summed E-state index contributed by atoms with van der Waals surface area (Å²) in [7, 11) is 0. The summed E-state index contributed by atoms with van der Waals surface area (Å²) < 4.78 is 0. The fraction of sp³-hybridized carbons (Fsp3) is 0.400. The maximum atomic E-state index is 13.2. The van der Waals surface area contributed by atoms with Crippen molar-refractivity contribution < 1.29 is 9.59 Å². The Morgan fingerprint density at radius 2 is 1.17 bits per heavy atom. The number of rotatable bonds is 4. The molecule has 0 N–H and O–H groups in total. The van der Waals surface area contributed by atoms with Crippen molar-refractivity contribution in [3.8, 4) is 0 Å². The van der Waals surface area contributed by atoms with E-state index in [4.69, 9.17) is 0 Å². The van der Waals surface area contributed by atoms with E-state index in [0.29, 0.717) is 11.1 Å². The van der Waals surface area contributed by atoms with Gasteiger partial charge >= 0.3 is 0 Å². The largest absolute Gasteiger partial charge is 0.288 e. The van der Waals surface area contributed by atoms with Gasteiger partial charge in [-0.1, -0.05) is 26.7 Å². The Bertz CT molecular complexity index is 786. The van der Waals surface area contributed by atoms with Crippen LogP contribution in [0.5, 0.6) is 0 Å². The molecule has 1 aliphatic carbocycles. The Labute approximate surface area is 142 Å². The molecular formula is C20H22N2O2. The minimum Gasteiger partial charge on any atom is -0.288 e. The zero-order chi connectivity index (χ0) is 17.4. The van der Waals surface area contributed by atoms with E-state index in [1.165, 1.54) is 0 Å². The molecule has 2 aromatic heterocycles. The second-order valence-corrected chi connectivity index (χ2v) is 6.42. The number of ketones is 2. The number of carbonyl (C=O) groups excluding carboxylic acids is 2. The molecule has 0 aromatic carbocycles. The monoisotopic (exact) mass is 322 g/mol. The molecule has 0 unspecified atom stereocenters. The van der Waals surface area contributed by atoms with Crippen LogP contribution in [-0.2, 0) is 12.8 Å². The molecule has 0 fully saturated rings. The van der Waals surface area contributed by atoms with Gasteiger partial charge in [0.05, 0.1) is 11.1 Å². The molecule has 0 amide bonds. The van der Waals surface area contributed by atoms with Crippen molar-refractivity contribution in [3.05, 3.63) is 57.2 Å². The van der Waals surface area contributed by atoms with Gasteiger partial charge in [0.2, 0.25) is 5.78 Å². The van der Waals surface area contributed by atoms with Gasteiger partial charge < -0.3 is 0 Å². The molecule has 3 rings (SSSR count). The number of fused-ring (bicyclic) bond motifs is 2. The van der Waals surface area contributed by atoms with Crippen LogP contribution in [0.15, 0.2) is 12.4 Å². The molecular weight excluding hydrogens is 300 g/mol. The van der Waals surface area contributed by atoms with E-state index in [-0.39, 0.29) is 23.0 Å². The topological polar surface area (TPSA) is 59.9 Å². The van der Waals surface area contributed by atoms with Crippen molar-refractivity contribution in [2.24, 2.45) is 0 Å². The first-order chi connectivity index (χ1) is 11.5. The van der Waals surface area contributed by atoms with Gasteiger partial charge in [-0.15, -0.1) is 0 Å². The number of hydrogen-bond donors (Lipinski definition) is 0. The standard InChI is InChI=1S/C20H22N2O2/c1-5-7-13-9-21-17-15(11(13)3)19(23)16-12(4)14(8-6-2)10-22-18(16)20(17)24/h9-10H,5-8H2,1-4H3. The van der Waals surface area contributed by atoms with E-state index in [2.05, 4.69) is 23.8 Å². The molecule has 1 aliphatic rings. The smallest absolute Gasteiger partial charge is 0.231 e. The molecule has 0 radical (unpaired) electrons. The summed E-state index contributed by atoms with van der Waals surface area (Å²) in [5.74, 6) is -0.345. The molecule has 2 heterocycles. The van der Waals surface area contributed by atoms with Crippen molar-refractivity contribution in [2.75, 3.05) is 0 Å². The van der Waals surface area contributed by atoms with E-state index in [1.54, 1.807) is 12.4 Å². The second-order valence-electron chi connectivity index (χ2n) is 6.42.